The molecule has 0 aliphatic carbocycles. The zero-order chi connectivity index (χ0) is 24.1. The summed E-state index contributed by atoms with van der Waals surface area (Å²) in [7, 11) is -3.85. The SMILES string of the molecule is O=C(NCCSc1n[nH]c(-c2ccccc2)n1)[C@H]1CCCN(S(=O)(=O)c2cc(Cl)ccc2Cl)C1. The first kappa shape index (κ1) is 25.0. The van der Waals surface area contributed by atoms with Crippen LogP contribution in [0.15, 0.2) is 58.6 Å². The molecular formula is C22H23Cl2N5O3S2. The van der Waals surface area contributed by atoms with Crippen molar-refractivity contribution in [3.05, 3.63) is 58.6 Å². The average molecular weight is 540 g/mol. The Hall–Kier alpha value is -2.11. The number of carbonyl (C=O) groups is 1. The van der Waals surface area contributed by atoms with Gasteiger partial charge in [-0.3, -0.25) is 9.89 Å². The van der Waals surface area contributed by atoms with E-state index in [1.165, 1.54) is 34.3 Å². The van der Waals surface area contributed by atoms with Gasteiger partial charge in [0.1, 0.15) is 4.90 Å². The van der Waals surface area contributed by atoms with E-state index >= 15 is 0 Å². The normalized spacial score (nSPS) is 16.9. The maximum absolute atomic E-state index is 13.1. The van der Waals surface area contributed by atoms with E-state index in [0.717, 1.165) is 5.56 Å². The number of hydrogen-bond donors (Lipinski definition) is 2. The smallest absolute Gasteiger partial charge is 0.244 e. The van der Waals surface area contributed by atoms with E-state index in [1.807, 2.05) is 30.3 Å². The van der Waals surface area contributed by atoms with Crippen molar-refractivity contribution >= 4 is 50.9 Å². The van der Waals surface area contributed by atoms with Gasteiger partial charge in [0, 0.05) is 36.0 Å². The van der Waals surface area contributed by atoms with E-state index in [9.17, 15) is 13.2 Å². The highest BCUT2D eigenvalue weighted by Crippen LogP contribution is 2.30. The molecule has 0 radical (unpaired) electrons. The van der Waals surface area contributed by atoms with Crippen LogP contribution in [0.4, 0.5) is 0 Å². The monoisotopic (exact) mass is 539 g/mol. The fourth-order valence-corrected chi connectivity index (χ4v) is 6.60. The number of thioether (sulfide) groups is 1. The van der Waals surface area contributed by atoms with Crippen LogP contribution in [-0.4, -0.2) is 59.2 Å². The molecule has 34 heavy (non-hydrogen) atoms. The highest BCUT2D eigenvalue weighted by atomic mass is 35.5. The molecule has 0 saturated carbocycles. The van der Waals surface area contributed by atoms with Gasteiger partial charge in [0.25, 0.3) is 0 Å². The summed E-state index contributed by atoms with van der Waals surface area (Å²) in [5.74, 6) is 0.679. The minimum atomic E-state index is -3.85. The minimum Gasteiger partial charge on any atom is -0.355 e. The first-order chi connectivity index (χ1) is 16.3. The highest BCUT2D eigenvalue weighted by Gasteiger charge is 2.34. The maximum atomic E-state index is 13.1. The van der Waals surface area contributed by atoms with Crippen LogP contribution in [0.3, 0.4) is 0 Å². The Bertz CT molecular complexity index is 1250. The number of carbonyl (C=O) groups excluding carboxylic acids is 1. The lowest BCUT2D eigenvalue weighted by Gasteiger charge is -2.31. The predicted octanol–water partition coefficient (Wildman–Crippen LogP) is 4.09. The Morgan fingerprint density at radius 2 is 2.00 bits per heavy atom. The van der Waals surface area contributed by atoms with E-state index in [0.29, 0.717) is 42.7 Å². The van der Waals surface area contributed by atoms with Crippen molar-refractivity contribution in [2.75, 3.05) is 25.4 Å². The molecule has 2 N–H and O–H groups in total. The van der Waals surface area contributed by atoms with Crippen molar-refractivity contribution in [1.29, 1.82) is 0 Å². The van der Waals surface area contributed by atoms with Gasteiger partial charge in [-0.05, 0) is 31.0 Å². The number of rotatable bonds is 8. The number of aromatic nitrogens is 3. The average Bonchev–Trinajstić information content (AvgIpc) is 3.33. The number of nitrogens with zero attached hydrogens (tertiary/aromatic N) is 3. The molecule has 1 atom stereocenters. The van der Waals surface area contributed by atoms with Crippen molar-refractivity contribution in [1.82, 2.24) is 24.8 Å². The Kier molecular flexibility index (Phi) is 8.15. The lowest BCUT2D eigenvalue weighted by atomic mass is 9.99. The second kappa shape index (κ2) is 11.1. The lowest BCUT2D eigenvalue weighted by molar-refractivity contribution is -0.125. The summed E-state index contributed by atoms with van der Waals surface area (Å²) >= 11 is 13.5. The van der Waals surface area contributed by atoms with E-state index < -0.39 is 15.9 Å². The van der Waals surface area contributed by atoms with Gasteiger partial charge in [-0.2, -0.15) is 4.31 Å². The summed E-state index contributed by atoms with van der Waals surface area (Å²) in [6.45, 7) is 0.854. The van der Waals surface area contributed by atoms with Crippen molar-refractivity contribution in [2.45, 2.75) is 22.9 Å². The van der Waals surface area contributed by atoms with Crippen molar-refractivity contribution < 1.29 is 13.2 Å². The molecule has 3 aromatic rings. The Labute approximate surface area is 212 Å². The van der Waals surface area contributed by atoms with E-state index in [4.69, 9.17) is 23.2 Å². The quantitative estimate of drug-likeness (QED) is 0.329. The van der Waals surface area contributed by atoms with Crippen LogP contribution in [0.25, 0.3) is 11.4 Å². The van der Waals surface area contributed by atoms with Gasteiger partial charge in [-0.15, -0.1) is 5.10 Å². The highest BCUT2D eigenvalue weighted by molar-refractivity contribution is 7.99. The molecule has 0 spiro atoms. The van der Waals surface area contributed by atoms with Crippen LogP contribution in [-0.2, 0) is 14.8 Å². The molecule has 1 amide bonds. The predicted molar refractivity (Wildman–Crippen MR) is 133 cm³/mol. The Morgan fingerprint density at radius 3 is 2.79 bits per heavy atom. The van der Waals surface area contributed by atoms with Crippen LogP contribution >= 0.6 is 35.0 Å². The molecule has 1 aliphatic rings. The molecule has 2 heterocycles. The number of piperidine rings is 1. The molecule has 1 aliphatic heterocycles. The van der Waals surface area contributed by atoms with Crippen molar-refractivity contribution in [3.8, 4) is 11.4 Å². The zero-order valence-electron chi connectivity index (χ0n) is 18.1. The van der Waals surface area contributed by atoms with E-state index in [1.54, 1.807) is 0 Å². The van der Waals surface area contributed by atoms with Gasteiger partial charge in [0.15, 0.2) is 5.82 Å². The maximum Gasteiger partial charge on any atom is 0.244 e. The first-order valence-electron chi connectivity index (χ1n) is 10.7. The van der Waals surface area contributed by atoms with Gasteiger partial charge in [-0.25, -0.2) is 13.4 Å². The molecule has 12 heteroatoms. The largest absolute Gasteiger partial charge is 0.355 e. The van der Waals surface area contributed by atoms with Gasteiger partial charge < -0.3 is 5.32 Å². The summed E-state index contributed by atoms with van der Waals surface area (Å²) in [6, 6.07) is 14.0. The van der Waals surface area contributed by atoms with Crippen LogP contribution in [0.2, 0.25) is 10.0 Å². The second-order valence-corrected chi connectivity index (χ2v) is 11.6. The Morgan fingerprint density at radius 1 is 1.21 bits per heavy atom. The third kappa shape index (κ3) is 5.92. The zero-order valence-corrected chi connectivity index (χ0v) is 21.2. The van der Waals surface area contributed by atoms with Crippen molar-refractivity contribution in [2.24, 2.45) is 5.92 Å². The summed E-state index contributed by atoms with van der Waals surface area (Å²) in [5, 5.41) is 11.0. The topological polar surface area (TPSA) is 108 Å². The van der Waals surface area contributed by atoms with Crippen LogP contribution in [0.5, 0.6) is 0 Å². The third-order valence-electron chi connectivity index (χ3n) is 5.41. The van der Waals surface area contributed by atoms with Crippen molar-refractivity contribution in [3.63, 3.8) is 0 Å². The van der Waals surface area contributed by atoms with E-state index in [2.05, 4.69) is 20.5 Å². The molecule has 8 nitrogen and oxygen atoms in total. The minimum absolute atomic E-state index is 0.0412. The van der Waals surface area contributed by atoms with Gasteiger partial charge in [0.05, 0.1) is 10.9 Å². The van der Waals surface area contributed by atoms with Gasteiger partial charge >= 0.3 is 0 Å². The molecule has 1 fully saturated rings. The van der Waals surface area contributed by atoms with Gasteiger partial charge in [0.2, 0.25) is 21.1 Å². The van der Waals surface area contributed by atoms with E-state index in [-0.39, 0.29) is 27.4 Å². The fourth-order valence-electron chi connectivity index (χ4n) is 3.69. The number of sulfonamides is 1. The fraction of sp³-hybridized carbons (Fsp3) is 0.318. The second-order valence-electron chi connectivity index (χ2n) is 7.75. The number of H-pyrrole nitrogens is 1. The number of aromatic amines is 1. The molecule has 2 aromatic carbocycles. The van der Waals surface area contributed by atoms with Crippen LogP contribution < -0.4 is 5.32 Å². The third-order valence-corrected chi connectivity index (χ3v) is 8.84. The molecule has 1 aromatic heterocycles. The molecule has 0 unspecified atom stereocenters. The standard InChI is InChI=1S/C22H23Cl2N5O3S2/c23-17-8-9-18(24)19(13-17)34(31,32)29-11-4-7-16(14-29)21(30)25-10-12-33-22-26-20(27-28-22)15-5-2-1-3-6-15/h1-3,5-6,8-9,13,16H,4,7,10-12,14H2,(H,25,30)(H,26,27,28)/t16-/m0/s1. The number of hydrogen-bond acceptors (Lipinski definition) is 6. The molecule has 4 rings (SSSR count). The Balaban J connectivity index is 1.28. The summed E-state index contributed by atoms with van der Waals surface area (Å²) in [6.07, 6.45) is 1.21. The molecule has 1 saturated heterocycles. The van der Waals surface area contributed by atoms with Crippen LogP contribution in [0.1, 0.15) is 12.8 Å². The molecule has 0 bridgehead atoms. The summed E-state index contributed by atoms with van der Waals surface area (Å²) in [4.78, 5) is 17.1. The lowest BCUT2D eigenvalue weighted by Crippen LogP contribution is -2.45. The number of nitrogens with one attached hydrogen (secondary N) is 2. The first-order valence-corrected chi connectivity index (χ1v) is 13.9. The number of amides is 1. The summed E-state index contributed by atoms with van der Waals surface area (Å²) in [5.41, 5.74) is 0.950. The van der Waals surface area contributed by atoms with Crippen LogP contribution in [0, 0.1) is 5.92 Å². The number of benzene rings is 2. The molecular weight excluding hydrogens is 517 g/mol. The number of halogens is 2. The van der Waals surface area contributed by atoms with Gasteiger partial charge in [-0.1, -0.05) is 65.3 Å². The molecule has 180 valence electrons. The summed E-state index contributed by atoms with van der Waals surface area (Å²) < 4.78 is 27.5.